The van der Waals surface area contributed by atoms with Gasteiger partial charge in [0.1, 0.15) is 0 Å². The minimum absolute atomic E-state index is 0. The Kier molecular flexibility index (Phi) is 6.09. The van der Waals surface area contributed by atoms with Crippen LogP contribution in [0.5, 0.6) is 0 Å². The van der Waals surface area contributed by atoms with Crippen LogP contribution in [0.4, 0.5) is 0 Å². The van der Waals surface area contributed by atoms with E-state index in [2.05, 4.69) is 124 Å². The van der Waals surface area contributed by atoms with E-state index in [1.807, 2.05) is 0 Å². The molecule has 0 aromatic heterocycles. The van der Waals surface area contributed by atoms with Gasteiger partial charge in [0, 0.05) is 0 Å². The summed E-state index contributed by atoms with van der Waals surface area (Å²) in [5.74, 6) is 0. The highest BCUT2D eigenvalue weighted by atomic mass is 35.5. The van der Waals surface area contributed by atoms with Gasteiger partial charge in [-0.2, -0.15) is 0 Å². The fourth-order valence-electron chi connectivity index (χ4n) is 5.30. The van der Waals surface area contributed by atoms with Crippen molar-refractivity contribution in [2.24, 2.45) is 0 Å². The summed E-state index contributed by atoms with van der Waals surface area (Å²) < 4.78 is 0. The molecule has 0 aliphatic heterocycles. The first kappa shape index (κ1) is 23.1. The molecule has 0 saturated carbocycles. The van der Waals surface area contributed by atoms with Gasteiger partial charge < -0.3 is 0 Å². The Morgan fingerprint density at radius 3 is 1.51 bits per heavy atom. The maximum Gasteiger partial charge on any atom is -0.000705 e. The Labute approximate surface area is 214 Å². The molecular formula is C34H29Cl. The summed E-state index contributed by atoms with van der Waals surface area (Å²) in [5.41, 5.74) is 17.3. The largest absolute Gasteiger partial charge is 0.147 e. The normalized spacial score (nSPS) is 11.5. The van der Waals surface area contributed by atoms with E-state index in [4.69, 9.17) is 0 Å². The predicted molar refractivity (Wildman–Crippen MR) is 152 cm³/mol. The van der Waals surface area contributed by atoms with Gasteiger partial charge in [0.2, 0.25) is 0 Å². The fourth-order valence-corrected chi connectivity index (χ4v) is 5.30. The highest BCUT2D eigenvalue weighted by Gasteiger charge is 2.27. The van der Waals surface area contributed by atoms with Crippen molar-refractivity contribution in [2.45, 2.75) is 27.2 Å². The Bertz CT molecular complexity index is 1510. The van der Waals surface area contributed by atoms with Crippen molar-refractivity contribution in [3.8, 4) is 44.5 Å². The van der Waals surface area contributed by atoms with Crippen LogP contribution in [0.3, 0.4) is 0 Å². The van der Waals surface area contributed by atoms with Crippen LogP contribution < -0.4 is 0 Å². The third-order valence-corrected chi connectivity index (χ3v) is 7.15. The first-order valence-corrected chi connectivity index (χ1v) is 12.1. The second kappa shape index (κ2) is 9.21. The second-order valence-corrected chi connectivity index (χ2v) is 9.63. The minimum atomic E-state index is 0. The third-order valence-electron chi connectivity index (χ3n) is 7.15. The van der Waals surface area contributed by atoms with Crippen LogP contribution in [-0.2, 0) is 6.42 Å². The smallest absolute Gasteiger partial charge is 0.000705 e. The molecule has 1 aliphatic rings. The minimum Gasteiger partial charge on any atom is -0.147 e. The molecule has 5 aromatic rings. The van der Waals surface area contributed by atoms with Gasteiger partial charge in [-0.25, -0.2) is 0 Å². The number of benzene rings is 5. The molecule has 6 rings (SSSR count). The van der Waals surface area contributed by atoms with Gasteiger partial charge in [-0.3, -0.25) is 0 Å². The zero-order valence-electron chi connectivity index (χ0n) is 20.4. The molecule has 0 spiro atoms. The molecule has 0 N–H and O–H groups in total. The van der Waals surface area contributed by atoms with Crippen molar-refractivity contribution < 1.29 is 0 Å². The first-order valence-electron chi connectivity index (χ1n) is 12.1. The molecule has 0 fully saturated rings. The fraction of sp³-hybridized carbons (Fsp3) is 0.118. The van der Waals surface area contributed by atoms with E-state index in [9.17, 15) is 0 Å². The summed E-state index contributed by atoms with van der Waals surface area (Å²) in [4.78, 5) is 0. The average molecular weight is 473 g/mol. The van der Waals surface area contributed by atoms with Crippen molar-refractivity contribution in [2.75, 3.05) is 0 Å². The summed E-state index contributed by atoms with van der Waals surface area (Å²) in [6.07, 6.45) is 0.974. The van der Waals surface area contributed by atoms with E-state index >= 15 is 0 Å². The molecule has 1 heteroatoms. The lowest BCUT2D eigenvalue weighted by Crippen LogP contribution is -1.97. The van der Waals surface area contributed by atoms with Crippen LogP contribution >= 0.6 is 12.4 Å². The van der Waals surface area contributed by atoms with Crippen molar-refractivity contribution in [3.05, 3.63) is 131 Å². The van der Waals surface area contributed by atoms with Crippen molar-refractivity contribution >= 4 is 12.4 Å². The average Bonchev–Trinajstić information content (AvgIpc) is 3.23. The topological polar surface area (TPSA) is 0 Å². The zero-order valence-corrected chi connectivity index (χ0v) is 21.2. The van der Waals surface area contributed by atoms with Crippen LogP contribution in [0.2, 0.25) is 0 Å². The van der Waals surface area contributed by atoms with Crippen LogP contribution in [0.1, 0.15) is 27.8 Å². The van der Waals surface area contributed by atoms with Crippen molar-refractivity contribution in [1.82, 2.24) is 0 Å². The molecule has 0 saturated heterocycles. The Morgan fingerprint density at radius 2 is 0.943 bits per heavy atom. The van der Waals surface area contributed by atoms with Gasteiger partial charge in [-0.1, -0.05) is 114 Å². The second-order valence-electron chi connectivity index (χ2n) is 9.63. The van der Waals surface area contributed by atoms with E-state index in [0.29, 0.717) is 0 Å². The number of hydrogen-bond acceptors (Lipinski definition) is 0. The third kappa shape index (κ3) is 4.09. The lowest BCUT2D eigenvalue weighted by molar-refractivity contribution is 1.26. The van der Waals surface area contributed by atoms with Crippen LogP contribution in [-0.4, -0.2) is 0 Å². The SMILES string of the molecule is Cc1ccc(-c2cc3c(c(-c4ccc(C)cc4)c2-c2ccc(C)cc2)Cc2ccccc2-3)cc1.Cl. The molecule has 5 aromatic carbocycles. The summed E-state index contributed by atoms with van der Waals surface area (Å²) in [6.45, 7) is 6.47. The molecule has 0 atom stereocenters. The Balaban J connectivity index is 0.00000253. The molecule has 0 unspecified atom stereocenters. The molecule has 0 nitrogen and oxygen atoms in total. The van der Waals surface area contributed by atoms with E-state index in [1.165, 1.54) is 72.3 Å². The molecule has 172 valence electrons. The van der Waals surface area contributed by atoms with Gasteiger partial charge in [0.25, 0.3) is 0 Å². The predicted octanol–water partition coefficient (Wildman–Crippen LogP) is 9.61. The highest BCUT2D eigenvalue weighted by molar-refractivity contribution is 6.01. The van der Waals surface area contributed by atoms with E-state index in [-0.39, 0.29) is 12.4 Å². The number of rotatable bonds is 3. The molecular weight excluding hydrogens is 444 g/mol. The lowest BCUT2D eigenvalue weighted by atomic mass is 9.82. The van der Waals surface area contributed by atoms with Gasteiger partial charge in [-0.15, -0.1) is 12.4 Å². The highest BCUT2D eigenvalue weighted by Crippen LogP contribution is 2.50. The van der Waals surface area contributed by atoms with E-state index in [0.717, 1.165) is 6.42 Å². The van der Waals surface area contributed by atoms with Gasteiger partial charge >= 0.3 is 0 Å². The summed E-state index contributed by atoms with van der Waals surface area (Å²) in [6, 6.07) is 38.4. The molecule has 0 heterocycles. The zero-order chi connectivity index (χ0) is 23.2. The molecule has 0 bridgehead atoms. The molecule has 0 radical (unpaired) electrons. The van der Waals surface area contributed by atoms with Gasteiger partial charge in [-0.05, 0) is 88.9 Å². The number of fused-ring (bicyclic) bond motifs is 3. The van der Waals surface area contributed by atoms with E-state index in [1.54, 1.807) is 0 Å². The number of halogens is 1. The van der Waals surface area contributed by atoms with Crippen LogP contribution in [0, 0.1) is 20.8 Å². The molecule has 35 heavy (non-hydrogen) atoms. The van der Waals surface area contributed by atoms with Crippen LogP contribution in [0.25, 0.3) is 44.5 Å². The summed E-state index contributed by atoms with van der Waals surface area (Å²) in [5, 5.41) is 0. The Morgan fingerprint density at radius 1 is 0.457 bits per heavy atom. The quantitative estimate of drug-likeness (QED) is 0.240. The number of aryl methyl sites for hydroxylation is 3. The summed E-state index contributed by atoms with van der Waals surface area (Å²) >= 11 is 0. The Hall–Kier alpha value is -3.61. The monoisotopic (exact) mass is 472 g/mol. The first-order chi connectivity index (χ1) is 16.6. The maximum atomic E-state index is 2.44. The van der Waals surface area contributed by atoms with Crippen molar-refractivity contribution in [3.63, 3.8) is 0 Å². The molecule has 1 aliphatic carbocycles. The van der Waals surface area contributed by atoms with Gasteiger partial charge in [0.15, 0.2) is 0 Å². The standard InChI is InChI=1S/C34H28.ClH/c1-22-8-14-25(15-9-22)30-21-31-29-7-5-4-6-28(29)20-32(31)34(27-18-12-24(3)13-19-27)33(30)26-16-10-23(2)11-17-26;/h4-19,21H,20H2,1-3H3;1H. The summed E-state index contributed by atoms with van der Waals surface area (Å²) in [7, 11) is 0. The van der Waals surface area contributed by atoms with E-state index < -0.39 is 0 Å². The maximum absolute atomic E-state index is 2.44. The van der Waals surface area contributed by atoms with Crippen molar-refractivity contribution in [1.29, 1.82) is 0 Å². The van der Waals surface area contributed by atoms with Gasteiger partial charge in [0.05, 0.1) is 0 Å². The van der Waals surface area contributed by atoms with Crippen LogP contribution in [0.15, 0.2) is 103 Å². The lowest BCUT2D eigenvalue weighted by Gasteiger charge is -2.21. The molecule has 0 amide bonds. The number of hydrogen-bond donors (Lipinski definition) is 0.